The van der Waals surface area contributed by atoms with E-state index in [9.17, 15) is 4.79 Å². The van der Waals surface area contributed by atoms with Gasteiger partial charge in [0.15, 0.2) is 0 Å². The Labute approximate surface area is 144 Å². The molecule has 3 rings (SSSR count). The van der Waals surface area contributed by atoms with E-state index in [-0.39, 0.29) is 17.8 Å². The molecule has 0 radical (unpaired) electrons. The topological polar surface area (TPSA) is 65.2 Å². The minimum atomic E-state index is -0.357. The lowest BCUT2D eigenvalue weighted by Gasteiger charge is -2.35. The molecular formula is C14H17Cl3N4O. The third kappa shape index (κ3) is 4.18. The third-order valence-electron chi connectivity index (χ3n) is 3.83. The maximum Gasteiger partial charge on any atom is 0.321 e. The minimum Gasteiger partial charge on any atom is -0.310 e. The van der Waals surface area contributed by atoms with Crippen LogP contribution in [0.4, 0.5) is 10.5 Å². The van der Waals surface area contributed by atoms with Crippen LogP contribution < -0.4 is 21.3 Å². The van der Waals surface area contributed by atoms with Crippen LogP contribution in [-0.4, -0.2) is 23.9 Å². The van der Waals surface area contributed by atoms with Crippen molar-refractivity contribution in [2.24, 2.45) is 5.92 Å². The van der Waals surface area contributed by atoms with E-state index in [0.29, 0.717) is 27.7 Å². The largest absolute Gasteiger partial charge is 0.321 e. The molecule has 0 bridgehead atoms. The summed E-state index contributed by atoms with van der Waals surface area (Å²) in [5, 5.41) is 12.8. The number of carbonyl (C=O) groups is 1. The van der Waals surface area contributed by atoms with E-state index in [2.05, 4.69) is 21.3 Å². The predicted octanol–water partition coefficient (Wildman–Crippen LogP) is 3.32. The van der Waals surface area contributed by atoms with Gasteiger partial charge in [0.05, 0.1) is 15.5 Å². The van der Waals surface area contributed by atoms with Crippen molar-refractivity contribution in [3.05, 3.63) is 28.2 Å². The Morgan fingerprint density at radius 2 is 1.95 bits per heavy atom. The number of alkyl halides is 1. The first kappa shape index (κ1) is 16.1. The fourth-order valence-corrected chi connectivity index (χ4v) is 3.20. The van der Waals surface area contributed by atoms with Crippen molar-refractivity contribution < 1.29 is 4.79 Å². The van der Waals surface area contributed by atoms with Crippen LogP contribution in [0.1, 0.15) is 19.3 Å². The fraction of sp³-hybridized carbons (Fsp3) is 0.500. The normalized spacial score (nSPS) is 28.2. The fourth-order valence-electron chi connectivity index (χ4n) is 2.58. The van der Waals surface area contributed by atoms with Gasteiger partial charge in [-0.25, -0.2) is 4.79 Å². The van der Waals surface area contributed by atoms with Gasteiger partial charge in [-0.05, 0) is 43.4 Å². The molecular weight excluding hydrogens is 347 g/mol. The summed E-state index contributed by atoms with van der Waals surface area (Å²) in [5.74, 6) is 0.672. The van der Waals surface area contributed by atoms with Crippen molar-refractivity contribution in [3.63, 3.8) is 0 Å². The van der Waals surface area contributed by atoms with Crippen molar-refractivity contribution in [3.8, 4) is 0 Å². The average Bonchev–Trinajstić information content (AvgIpc) is 3.26. The van der Waals surface area contributed by atoms with E-state index in [1.54, 1.807) is 18.2 Å². The monoisotopic (exact) mass is 362 g/mol. The Balaban J connectivity index is 1.55. The summed E-state index contributed by atoms with van der Waals surface area (Å²) >= 11 is 18.0. The number of halogens is 3. The number of hydrogen-bond acceptors (Lipinski definition) is 3. The first-order chi connectivity index (χ1) is 10.5. The van der Waals surface area contributed by atoms with Crippen LogP contribution in [0.2, 0.25) is 10.0 Å². The second kappa shape index (κ2) is 6.81. The van der Waals surface area contributed by atoms with Crippen molar-refractivity contribution in [2.75, 3.05) is 5.32 Å². The lowest BCUT2D eigenvalue weighted by molar-refractivity contribution is 0.214. The highest BCUT2D eigenvalue weighted by atomic mass is 35.5. The molecule has 1 aromatic rings. The summed E-state index contributed by atoms with van der Waals surface area (Å²) in [6, 6.07) is 4.92. The maximum absolute atomic E-state index is 12.1. The van der Waals surface area contributed by atoms with Gasteiger partial charge in [0, 0.05) is 11.7 Å². The molecule has 2 aliphatic rings. The van der Waals surface area contributed by atoms with Crippen molar-refractivity contribution in [2.45, 2.75) is 37.1 Å². The number of benzene rings is 1. The van der Waals surface area contributed by atoms with E-state index in [4.69, 9.17) is 34.8 Å². The summed E-state index contributed by atoms with van der Waals surface area (Å²) < 4.78 is 0. The highest BCUT2D eigenvalue weighted by Crippen LogP contribution is 2.35. The summed E-state index contributed by atoms with van der Waals surface area (Å²) in [4.78, 5) is 12.1. The smallest absolute Gasteiger partial charge is 0.310 e. The second-order valence-corrected chi connectivity index (χ2v) is 6.98. The van der Waals surface area contributed by atoms with Gasteiger partial charge in [0.2, 0.25) is 0 Å². The van der Waals surface area contributed by atoms with Gasteiger partial charge in [0.1, 0.15) is 6.29 Å². The van der Waals surface area contributed by atoms with E-state index in [1.165, 1.54) is 12.8 Å². The zero-order valence-electron chi connectivity index (χ0n) is 11.7. The zero-order valence-corrected chi connectivity index (χ0v) is 14.0. The molecule has 3 unspecified atom stereocenters. The van der Waals surface area contributed by atoms with Crippen LogP contribution >= 0.6 is 34.8 Å². The number of amides is 2. The molecule has 3 atom stereocenters. The van der Waals surface area contributed by atoms with Gasteiger partial charge in [-0.15, -0.1) is 11.6 Å². The van der Waals surface area contributed by atoms with Gasteiger partial charge >= 0.3 is 6.03 Å². The predicted molar refractivity (Wildman–Crippen MR) is 89.4 cm³/mol. The molecule has 1 heterocycles. The number of nitrogens with one attached hydrogen (secondary N) is 4. The van der Waals surface area contributed by atoms with E-state index >= 15 is 0 Å². The standard InChI is InChI=1S/C14H17Cl3N4O/c15-9-4-3-8(5-10(9)16)18-14(22)21-13-19-11(7-1-2-7)6-12(17)20-13/h3-5,7,11-13,19-20H,1-2,6H2,(H2,18,21,22). The molecule has 5 nitrogen and oxygen atoms in total. The van der Waals surface area contributed by atoms with Crippen LogP contribution in [0.25, 0.3) is 0 Å². The second-order valence-electron chi connectivity index (χ2n) is 5.64. The molecule has 1 saturated carbocycles. The number of anilines is 1. The van der Waals surface area contributed by atoms with Crippen LogP contribution in [0, 0.1) is 5.92 Å². The van der Waals surface area contributed by atoms with Crippen molar-refractivity contribution in [1.29, 1.82) is 0 Å². The molecule has 1 aliphatic heterocycles. The Kier molecular flexibility index (Phi) is 5.00. The first-order valence-corrected chi connectivity index (χ1v) is 8.39. The van der Waals surface area contributed by atoms with Crippen LogP contribution in [0.3, 0.4) is 0 Å². The lowest BCUT2D eigenvalue weighted by atomic mass is 10.1. The molecule has 0 spiro atoms. The quantitative estimate of drug-likeness (QED) is 0.492. The molecule has 4 N–H and O–H groups in total. The zero-order chi connectivity index (χ0) is 15.7. The van der Waals surface area contributed by atoms with Crippen LogP contribution in [0.15, 0.2) is 18.2 Å². The number of carbonyl (C=O) groups excluding carboxylic acids is 1. The van der Waals surface area contributed by atoms with Gasteiger partial charge in [-0.3, -0.25) is 10.6 Å². The molecule has 0 aromatic heterocycles. The number of hydrogen-bond donors (Lipinski definition) is 4. The SMILES string of the molecule is O=C(Nc1ccc(Cl)c(Cl)c1)NC1NC(Cl)CC(C2CC2)N1. The van der Waals surface area contributed by atoms with Gasteiger partial charge in [-0.1, -0.05) is 23.2 Å². The summed E-state index contributed by atoms with van der Waals surface area (Å²) in [6.07, 6.45) is 2.95. The number of urea groups is 1. The minimum absolute atomic E-state index is 0.151. The first-order valence-electron chi connectivity index (χ1n) is 7.20. The molecule has 1 aromatic carbocycles. The Morgan fingerprint density at radius 3 is 2.64 bits per heavy atom. The van der Waals surface area contributed by atoms with E-state index < -0.39 is 0 Å². The van der Waals surface area contributed by atoms with Crippen molar-refractivity contribution >= 4 is 46.5 Å². The van der Waals surface area contributed by atoms with Gasteiger partial charge in [0.25, 0.3) is 0 Å². The van der Waals surface area contributed by atoms with E-state index in [1.807, 2.05) is 0 Å². The molecule has 2 amide bonds. The van der Waals surface area contributed by atoms with Crippen LogP contribution in [-0.2, 0) is 0 Å². The molecule has 22 heavy (non-hydrogen) atoms. The average molecular weight is 364 g/mol. The molecule has 2 fully saturated rings. The maximum atomic E-state index is 12.1. The van der Waals surface area contributed by atoms with Crippen LogP contribution in [0.5, 0.6) is 0 Å². The van der Waals surface area contributed by atoms with Crippen molar-refractivity contribution in [1.82, 2.24) is 16.0 Å². The number of rotatable bonds is 3. The Hall–Kier alpha value is -0.720. The summed E-state index contributed by atoms with van der Waals surface area (Å²) in [6.45, 7) is 0. The lowest BCUT2D eigenvalue weighted by Crippen LogP contribution is -2.64. The molecule has 120 valence electrons. The Bertz CT molecular complexity index is 567. The van der Waals surface area contributed by atoms with Gasteiger partial charge in [-0.2, -0.15) is 0 Å². The van der Waals surface area contributed by atoms with Gasteiger partial charge < -0.3 is 10.6 Å². The highest BCUT2D eigenvalue weighted by molar-refractivity contribution is 6.42. The van der Waals surface area contributed by atoms with E-state index in [0.717, 1.165) is 6.42 Å². The molecule has 1 aliphatic carbocycles. The third-order valence-corrected chi connectivity index (χ3v) is 4.88. The summed E-state index contributed by atoms with van der Waals surface area (Å²) in [7, 11) is 0. The molecule has 1 saturated heterocycles. The summed E-state index contributed by atoms with van der Waals surface area (Å²) in [5.41, 5.74) is 0.422. The highest BCUT2D eigenvalue weighted by Gasteiger charge is 2.37. The molecule has 8 heteroatoms. The Morgan fingerprint density at radius 1 is 1.18 bits per heavy atom.